The van der Waals surface area contributed by atoms with Gasteiger partial charge in [-0.1, -0.05) is 29.3 Å². The van der Waals surface area contributed by atoms with Gasteiger partial charge in [-0.05, 0) is 51.4 Å². The highest BCUT2D eigenvalue weighted by Crippen LogP contribution is 2.29. The molecule has 0 saturated carbocycles. The normalized spacial score (nSPS) is 10.5. The van der Waals surface area contributed by atoms with Gasteiger partial charge in [0.2, 0.25) is 0 Å². The van der Waals surface area contributed by atoms with Gasteiger partial charge in [0.1, 0.15) is 0 Å². The number of nitrogens with zero attached hydrogens (tertiary/aromatic N) is 1. The molecule has 0 heterocycles. The third-order valence-corrected chi connectivity index (χ3v) is 3.33. The first kappa shape index (κ1) is 15.5. The second-order valence-electron chi connectivity index (χ2n) is 4.14. The first-order valence-corrected chi connectivity index (χ1v) is 6.80. The van der Waals surface area contributed by atoms with E-state index in [4.69, 9.17) is 35.4 Å². The molecular weight excluding hydrogens is 289 g/mol. The lowest BCUT2D eigenvalue weighted by molar-refractivity contribution is 0.400. The smallest absolute Gasteiger partial charge is 0.170 e. The van der Waals surface area contributed by atoms with E-state index in [2.05, 4.69) is 15.5 Å². The molecule has 0 spiro atoms. The fourth-order valence-electron chi connectivity index (χ4n) is 1.36. The zero-order valence-electron chi connectivity index (χ0n) is 10.5. The fourth-order valence-corrected chi connectivity index (χ4v) is 1.92. The molecule has 0 bridgehead atoms. The highest BCUT2D eigenvalue weighted by molar-refractivity contribution is 7.80. The summed E-state index contributed by atoms with van der Waals surface area (Å²) in [6, 6.07) is 5.40. The van der Waals surface area contributed by atoms with Crippen molar-refractivity contribution >= 4 is 46.2 Å². The number of nitrogens with one attached hydrogen (secondary N) is 2. The van der Waals surface area contributed by atoms with Crippen molar-refractivity contribution in [2.75, 3.05) is 32.5 Å². The Hall–Kier alpha value is -0.550. The first-order chi connectivity index (χ1) is 8.50. The Morgan fingerprint density at radius 1 is 1.33 bits per heavy atom. The van der Waals surface area contributed by atoms with E-state index in [1.807, 2.05) is 26.2 Å². The van der Waals surface area contributed by atoms with E-state index in [1.165, 1.54) is 0 Å². The molecule has 1 rings (SSSR count). The Kier molecular flexibility index (Phi) is 6.71. The molecule has 0 aromatic heterocycles. The molecule has 0 aliphatic carbocycles. The Bertz CT molecular complexity index is 410. The van der Waals surface area contributed by atoms with Crippen molar-refractivity contribution in [3.05, 3.63) is 28.2 Å². The minimum Gasteiger partial charge on any atom is -0.362 e. The number of hydrogen-bond acceptors (Lipinski definition) is 2. The molecule has 0 aliphatic heterocycles. The van der Waals surface area contributed by atoms with Crippen LogP contribution in [0.3, 0.4) is 0 Å². The van der Waals surface area contributed by atoms with Gasteiger partial charge in [0.15, 0.2) is 5.11 Å². The van der Waals surface area contributed by atoms with Crippen LogP contribution in [0.15, 0.2) is 18.2 Å². The number of rotatable bonds is 5. The Morgan fingerprint density at radius 3 is 2.72 bits per heavy atom. The number of benzene rings is 1. The largest absolute Gasteiger partial charge is 0.362 e. The van der Waals surface area contributed by atoms with Gasteiger partial charge in [-0.2, -0.15) is 0 Å². The number of halogens is 2. The molecule has 0 aliphatic rings. The molecule has 2 N–H and O–H groups in total. The molecular formula is C12H17Cl2N3S. The van der Waals surface area contributed by atoms with Crippen molar-refractivity contribution in [1.82, 2.24) is 10.2 Å². The fraction of sp³-hybridized carbons (Fsp3) is 0.417. The van der Waals surface area contributed by atoms with Crippen molar-refractivity contribution in [1.29, 1.82) is 0 Å². The molecule has 0 saturated heterocycles. The Morgan fingerprint density at radius 2 is 2.06 bits per heavy atom. The Labute approximate surface area is 123 Å². The average molecular weight is 306 g/mol. The van der Waals surface area contributed by atoms with Gasteiger partial charge in [0.05, 0.1) is 15.7 Å². The number of thiocarbonyl (C=S) groups is 1. The van der Waals surface area contributed by atoms with Gasteiger partial charge in [-0.3, -0.25) is 0 Å². The molecule has 0 radical (unpaired) electrons. The lowest BCUT2D eigenvalue weighted by Gasteiger charge is -2.13. The van der Waals surface area contributed by atoms with Gasteiger partial charge in [-0.25, -0.2) is 0 Å². The molecule has 0 fully saturated rings. The number of anilines is 1. The van der Waals surface area contributed by atoms with Crippen LogP contribution < -0.4 is 10.6 Å². The summed E-state index contributed by atoms with van der Waals surface area (Å²) >= 11 is 17.1. The van der Waals surface area contributed by atoms with Crippen molar-refractivity contribution in [2.45, 2.75) is 6.42 Å². The lowest BCUT2D eigenvalue weighted by Crippen LogP contribution is -2.30. The zero-order valence-corrected chi connectivity index (χ0v) is 12.8. The monoisotopic (exact) mass is 305 g/mol. The van der Waals surface area contributed by atoms with E-state index in [-0.39, 0.29) is 0 Å². The van der Waals surface area contributed by atoms with E-state index >= 15 is 0 Å². The van der Waals surface area contributed by atoms with Crippen LogP contribution in [-0.4, -0.2) is 37.2 Å². The first-order valence-electron chi connectivity index (χ1n) is 5.64. The molecule has 3 nitrogen and oxygen atoms in total. The molecule has 0 unspecified atom stereocenters. The second kappa shape index (κ2) is 7.79. The lowest BCUT2D eigenvalue weighted by atomic mass is 10.3. The predicted molar refractivity (Wildman–Crippen MR) is 83.9 cm³/mol. The molecule has 6 heteroatoms. The molecule has 0 amide bonds. The average Bonchev–Trinajstić information content (AvgIpc) is 2.30. The number of hydrogen-bond donors (Lipinski definition) is 2. The van der Waals surface area contributed by atoms with E-state index < -0.39 is 0 Å². The summed E-state index contributed by atoms with van der Waals surface area (Å²) < 4.78 is 0. The molecule has 100 valence electrons. The minimum atomic E-state index is 0.483. The Balaban J connectivity index is 2.38. The van der Waals surface area contributed by atoms with Crippen molar-refractivity contribution in [3.63, 3.8) is 0 Å². The van der Waals surface area contributed by atoms with E-state index in [0.29, 0.717) is 20.8 Å². The summed E-state index contributed by atoms with van der Waals surface area (Å²) in [6.07, 6.45) is 1.03. The quantitative estimate of drug-likeness (QED) is 0.645. The maximum Gasteiger partial charge on any atom is 0.170 e. The third kappa shape index (κ3) is 5.40. The van der Waals surface area contributed by atoms with Gasteiger partial charge >= 0.3 is 0 Å². The van der Waals surface area contributed by atoms with Gasteiger partial charge < -0.3 is 15.5 Å². The third-order valence-electron chi connectivity index (χ3n) is 2.27. The maximum absolute atomic E-state index is 6.05. The van der Waals surface area contributed by atoms with Crippen LogP contribution in [0.2, 0.25) is 10.0 Å². The molecule has 18 heavy (non-hydrogen) atoms. The standard InChI is InChI=1S/C12H17Cl2N3S/c1-17(2)8-4-7-15-12(18)16-10-6-3-5-9(13)11(10)14/h3,5-6H,4,7-8H2,1-2H3,(H2,15,16,18). The van der Waals surface area contributed by atoms with Gasteiger partial charge in [0.25, 0.3) is 0 Å². The summed E-state index contributed by atoms with van der Waals surface area (Å²) in [4.78, 5) is 2.13. The van der Waals surface area contributed by atoms with Crippen LogP contribution in [0.5, 0.6) is 0 Å². The van der Waals surface area contributed by atoms with Crippen LogP contribution in [0, 0.1) is 0 Å². The van der Waals surface area contributed by atoms with Crippen LogP contribution in [0.25, 0.3) is 0 Å². The van der Waals surface area contributed by atoms with Crippen LogP contribution in [0.1, 0.15) is 6.42 Å². The summed E-state index contributed by atoms with van der Waals surface area (Å²) in [5.41, 5.74) is 0.717. The highest BCUT2D eigenvalue weighted by atomic mass is 35.5. The maximum atomic E-state index is 6.05. The summed E-state index contributed by atoms with van der Waals surface area (Å²) in [6.45, 7) is 1.84. The van der Waals surface area contributed by atoms with Crippen molar-refractivity contribution in [3.8, 4) is 0 Å². The van der Waals surface area contributed by atoms with E-state index in [0.717, 1.165) is 19.5 Å². The summed E-state index contributed by atoms with van der Waals surface area (Å²) in [7, 11) is 4.09. The predicted octanol–water partition coefficient (Wildman–Crippen LogP) is 3.23. The highest BCUT2D eigenvalue weighted by Gasteiger charge is 2.05. The topological polar surface area (TPSA) is 27.3 Å². The van der Waals surface area contributed by atoms with Crippen LogP contribution in [0.4, 0.5) is 5.69 Å². The van der Waals surface area contributed by atoms with Gasteiger partial charge in [-0.15, -0.1) is 0 Å². The summed E-state index contributed by atoms with van der Waals surface area (Å²) in [5.74, 6) is 0. The molecule has 0 atom stereocenters. The molecule has 1 aromatic rings. The minimum absolute atomic E-state index is 0.483. The second-order valence-corrected chi connectivity index (χ2v) is 5.33. The van der Waals surface area contributed by atoms with E-state index in [9.17, 15) is 0 Å². The molecule has 1 aromatic carbocycles. The van der Waals surface area contributed by atoms with Crippen molar-refractivity contribution < 1.29 is 0 Å². The summed E-state index contributed by atoms with van der Waals surface area (Å²) in [5, 5.41) is 7.70. The zero-order chi connectivity index (χ0) is 13.5. The van der Waals surface area contributed by atoms with Gasteiger partial charge in [0, 0.05) is 6.54 Å². The van der Waals surface area contributed by atoms with Crippen LogP contribution >= 0.6 is 35.4 Å². The SMILES string of the molecule is CN(C)CCCNC(=S)Nc1cccc(Cl)c1Cl. The van der Waals surface area contributed by atoms with Crippen molar-refractivity contribution in [2.24, 2.45) is 0 Å². The van der Waals surface area contributed by atoms with E-state index in [1.54, 1.807) is 6.07 Å². The van der Waals surface area contributed by atoms with Crippen LogP contribution in [-0.2, 0) is 0 Å².